The molecule has 0 saturated heterocycles. The van der Waals surface area contributed by atoms with E-state index < -0.39 is 29.3 Å². The Labute approximate surface area is 112 Å². The molecule has 0 bridgehead atoms. The maximum absolute atomic E-state index is 13.6. The third kappa shape index (κ3) is 2.60. The first-order chi connectivity index (χ1) is 9.43. The third-order valence-corrected chi connectivity index (χ3v) is 2.91. The first-order valence-electron chi connectivity index (χ1n) is 5.67. The molecule has 2 nitrogen and oxygen atoms in total. The fraction of sp³-hybridized carbons (Fsp3) is 0.143. The number of rotatable bonds is 3. The van der Waals surface area contributed by atoms with E-state index in [4.69, 9.17) is 10.5 Å². The van der Waals surface area contributed by atoms with Crippen LogP contribution in [0.15, 0.2) is 30.3 Å². The van der Waals surface area contributed by atoms with Crippen molar-refractivity contribution in [1.82, 2.24) is 0 Å². The molecule has 0 aliphatic rings. The molecule has 2 rings (SSSR count). The van der Waals surface area contributed by atoms with Crippen LogP contribution < -0.4 is 10.5 Å². The summed E-state index contributed by atoms with van der Waals surface area (Å²) in [5, 5.41) is 0. The van der Waals surface area contributed by atoms with Crippen LogP contribution >= 0.6 is 0 Å². The zero-order chi connectivity index (χ0) is 14.9. The summed E-state index contributed by atoms with van der Waals surface area (Å²) in [5.41, 5.74) is 5.72. The summed E-state index contributed by atoms with van der Waals surface area (Å²) in [6, 6.07) is 3.76. The van der Waals surface area contributed by atoms with Gasteiger partial charge in [0.2, 0.25) is 0 Å². The summed E-state index contributed by atoms with van der Waals surface area (Å²) in [5.74, 6) is -4.19. The highest BCUT2D eigenvalue weighted by molar-refractivity contribution is 5.37. The van der Waals surface area contributed by atoms with E-state index in [-0.39, 0.29) is 16.9 Å². The predicted octanol–water partition coefficient (Wildman–Crippen LogP) is 3.30. The Morgan fingerprint density at radius 1 is 0.900 bits per heavy atom. The van der Waals surface area contributed by atoms with Gasteiger partial charge >= 0.3 is 0 Å². The van der Waals surface area contributed by atoms with E-state index in [1.54, 1.807) is 0 Å². The van der Waals surface area contributed by atoms with Crippen molar-refractivity contribution < 1.29 is 22.3 Å². The van der Waals surface area contributed by atoms with E-state index >= 15 is 0 Å². The van der Waals surface area contributed by atoms with Crippen LogP contribution in [-0.4, -0.2) is 7.11 Å². The maximum Gasteiger partial charge on any atom is 0.165 e. The topological polar surface area (TPSA) is 35.2 Å². The van der Waals surface area contributed by atoms with E-state index in [0.717, 1.165) is 6.07 Å². The van der Waals surface area contributed by atoms with E-state index in [1.165, 1.54) is 19.2 Å². The number of halogens is 4. The van der Waals surface area contributed by atoms with Crippen molar-refractivity contribution >= 4 is 0 Å². The molecule has 2 N–H and O–H groups in total. The van der Waals surface area contributed by atoms with Gasteiger partial charge in [-0.2, -0.15) is 0 Å². The fourth-order valence-corrected chi connectivity index (χ4v) is 1.83. The number of benzene rings is 2. The molecule has 0 aliphatic carbocycles. The molecule has 2 aromatic rings. The minimum absolute atomic E-state index is 0.00621. The van der Waals surface area contributed by atoms with E-state index in [2.05, 4.69) is 0 Å². The lowest BCUT2D eigenvalue weighted by molar-refractivity contribution is 0.386. The summed E-state index contributed by atoms with van der Waals surface area (Å²) in [4.78, 5) is 0. The second-order valence-electron chi connectivity index (χ2n) is 4.16. The van der Waals surface area contributed by atoms with Gasteiger partial charge in [-0.1, -0.05) is 6.07 Å². The van der Waals surface area contributed by atoms with Gasteiger partial charge in [0.25, 0.3) is 0 Å². The van der Waals surface area contributed by atoms with Gasteiger partial charge in [-0.3, -0.25) is 0 Å². The van der Waals surface area contributed by atoms with Gasteiger partial charge in [0.05, 0.1) is 13.2 Å². The lowest BCUT2D eigenvalue weighted by Gasteiger charge is -2.15. The average Bonchev–Trinajstić information content (AvgIpc) is 2.42. The van der Waals surface area contributed by atoms with Crippen LogP contribution in [0.1, 0.15) is 17.2 Å². The molecule has 0 amide bonds. The average molecular weight is 285 g/mol. The third-order valence-electron chi connectivity index (χ3n) is 2.91. The lowest BCUT2D eigenvalue weighted by Crippen LogP contribution is -2.15. The Bertz CT molecular complexity index is 645. The second-order valence-corrected chi connectivity index (χ2v) is 4.16. The minimum atomic E-state index is -1.31. The number of nitrogens with two attached hydrogens (primary N) is 1. The molecule has 0 aromatic heterocycles. The largest absolute Gasteiger partial charge is 0.494 e. The van der Waals surface area contributed by atoms with Crippen molar-refractivity contribution in [1.29, 1.82) is 0 Å². The number of methoxy groups -OCH3 is 1. The Kier molecular flexibility index (Phi) is 3.94. The van der Waals surface area contributed by atoms with Crippen LogP contribution in [0, 0.1) is 23.3 Å². The van der Waals surface area contributed by atoms with Crippen molar-refractivity contribution in [2.75, 3.05) is 7.11 Å². The van der Waals surface area contributed by atoms with E-state index in [0.29, 0.717) is 12.1 Å². The first kappa shape index (κ1) is 14.3. The molecule has 20 heavy (non-hydrogen) atoms. The first-order valence-corrected chi connectivity index (χ1v) is 5.67. The molecule has 0 saturated carbocycles. The number of ether oxygens (including phenoxy) is 1. The summed E-state index contributed by atoms with van der Waals surface area (Å²) < 4.78 is 57.9. The highest BCUT2D eigenvalue weighted by Gasteiger charge is 2.18. The van der Waals surface area contributed by atoms with Crippen molar-refractivity contribution in [3.05, 3.63) is 64.7 Å². The standard InChI is InChI=1S/C14H11F4NO/c1-20-13-3-2-7(4-12(13)18)14(19)8-5-10(16)11(17)6-9(8)15/h2-6,14H,19H2,1H3. The molecule has 0 spiro atoms. The van der Waals surface area contributed by atoms with Gasteiger partial charge in [-0.15, -0.1) is 0 Å². The highest BCUT2D eigenvalue weighted by Crippen LogP contribution is 2.27. The Balaban J connectivity index is 2.43. The second kappa shape index (κ2) is 5.50. The highest BCUT2D eigenvalue weighted by atomic mass is 19.2. The molecule has 106 valence electrons. The molecule has 1 unspecified atom stereocenters. The zero-order valence-electron chi connectivity index (χ0n) is 10.5. The lowest BCUT2D eigenvalue weighted by atomic mass is 9.98. The smallest absolute Gasteiger partial charge is 0.165 e. The monoisotopic (exact) mass is 285 g/mol. The number of hydrogen-bond donors (Lipinski definition) is 1. The maximum atomic E-state index is 13.6. The molecule has 6 heteroatoms. The molecule has 0 aliphatic heterocycles. The van der Waals surface area contributed by atoms with Crippen LogP contribution in [-0.2, 0) is 0 Å². The Hall–Kier alpha value is -2.08. The van der Waals surface area contributed by atoms with Crippen LogP contribution in [0.3, 0.4) is 0 Å². The van der Waals surface area contributed by atoms with Crippen LogP contribution in [0.4, 0.5) is 17.6 Å². The SMILES string of the molecule is COc1ccc(C(N)c2cc(F)c(F)cc2F)cc1F. The molecule has 0 radical (unpaired) electrons. The van der Waals surface area contributed by atoms with Crippen molar-refractivity contribution in [2.45, 2.75) is 6.04 Å². The van der Waals surface area contributed by atoms with Crippen LogP contribution in [0.2, 0.25) is 0 Å². The van der Waals surface area contributed by atoms with Gasteiger partial charge in [-0.05, 0) is 23.8 Å². The molecule has 2 aromatic carbocycles. The Morgan fingerprint density at radius 2 is 1.55 bits per heavy atom. The zero-order valence-corrected chi connectivity index (χ0v) is 10.5. The van der Waals surface area contributed by atoms with Crippen molar-refractivity contribution in [3.8, 4) is 5.75 Å². The summed E-state index contributed by atoms with van der Waals surface area (Å²) in [7, 11) is 1.30. The number of hydrogen-bond acceptors (Lipinski definition) is 2. The van der Waals surface area contributed by atoms with Gasteiger partial charge in [0.1, 0.15) is 5.82 Å². The van der Waals surface area contributed by atoms with Gasteiger partial charge in [-0.25, -0.2) is 17.6 Å². The van der Waals surface area contributed by atoms with Crippen molar-refractivity contribution in [3.63, 3.8) is 0 Å². The minimum Gasteiger partial charge on any atom is -0.494 e. The van der Waals surface area contributed by atoms with E-state index in [1.807, 2.05) is 0 Å². The fourth-order valence-electron chi connectivity index (χ4n) is 1.83. The summed E-state index contributed by atoms with van der Waals surface area (Å²) >= 11 is 0. The van der Waals surface area contributed by atoms with Gasteiger partial charge in [0.15, 0.2) is 23.2 Å². The van der Waals surface area contributed by atoms with Crippen molar-refractivity contribution in [2.24, 2.45) is 5.73 Å². The summed E-state index contributed by atoms with van der Waals surface area (Å²) in [6.07, 6.45) is 0. The van der Waals surface area contributed by atoms with Crippen LogP contribution in [0.25, 0.3) is 0 Å². The Morgan fingerprint density at radius 3 is 2.15 bits per heavy atom. The molecule has 0 fully saturated rings. The molecular formula is C14H11F4NO. The summed E-state index contributed by atoms with van der Waals surface area (Å²) in [6.45, 7) is 0. The van der Waals surface area contributed by atoms with E-state index in [9.17, 15) is 17.6 Å². The quantitative estimate of drug-likeness (QED) is 0.693. The van der Waals surface area contributed by atoms with Gasteiger partial charge < -0.3 is 10.5 Å². The molecule has 0 heterocycles. The van der Waals surface area contributed by atoms with Gasteiger partial charge in [0, 0.05) is 11.6 Å². The van der Waals surface area contributed by atoms with Crippen LogP contribution in [0.5, 0.6) is 5.75 Å². The predicted molar refractivity (Wildman–Crippen MR) is 65.3 cm³/mol. The molecule has 1 atom stereocenters. The molecular weight excluding hydrogens is 274 g/mol. The normalized spacial score (nSPS) is 12.3.